The van der Waals surface area contributed by atoms with E-state index in [1.807, 2.05) is 5.38 Å². The summed E-state index contributed by atoms with van der Waals surface area (Å²) in [6, 6.07) is 6.57. The van der Waals surface area contributed by atoms with Crippen molar-refractivity contribution in [2.24, 2.45) is 0 Å². The topological polar surface area (TPSA) is 65.3 Å². The predicted octanol–water partition coefficient (Wildman–Crippen LogP) is 4.78. The summed E-state index contributed by atoms with van der Waals surface area (Å²) in [6.07, 6.45) is 3.00. The highest BCUT2D eigenvalue weighted by Gasteiger charge is 2.33. The summed E-state index contributed by atoms with van der Waals surface area (Å²) < 4.78 is 5.91. The second-order valence-electron chi connectivity index (χ2n) is 6.22. The van der Waals surface area contributed by atoms with Gasteiger partial charge in [0, 0.05) is 35.6 Å². The Morgan fingerprint density at radius 3 is 2.83 bits per heavy atom. The summed E-state index contributed by atoms with van der Waals surface area (Å²) in [7, 11) is 0. The number of nitro benzene ring substituents is 1. The molecule has 23 heavy (non-hydrogen) atoms. The van der Waals surface area contributed by atoms with Crippen LogP contribution in [-0.2, 0) is 4.74 Å². The van der Waals surface area contributed by atoms with Crippen LogP contribution >= 0.6 is 11.3 Å². The van der Waals surface area contributed by atoms with Gasteiger partial charge < -0.3 is 4.74 Å². The van der Waals surface area contributed by atoms with Crippen molar-refractivity contribution in [1.82, 2.24) is 4.98 Å². The number of non-ortho nitro benzene ring substituents is 1. The smallest absolute Gasteiger partial charge is 0.269 e. The molecule has 0 amide bonds. The molecule has 0 saturated carbocycles. The summed E-state index contributed by atoms with van der Waals surface area (Å²) >= 11 is 1.67. The molecule has 0 bridgehead atoms. The van der Waals surface area contributed by atoms with Gasteiger partial charge in [-0.1, -0.05) is 6.92 Å². The second-order valence-corrected chi connectivity index (χ2v) is 7.11. The lowest BCUT2D eigenvalue weighted by molar-refractivity contribution is -0.384. The maximum absolute atomic E-state index is 10.7. The molecular weight excluding hydrogens is 312 g/mol. The van der Waals surface area contributed by atoms with Gasteiger partial charge in [0.25, 0.3) is 5.69 Å². The SMILES string of the molecule is CCC1(C)CC(c2nc(-c3ccc([N+](=O)[O-])cc3)cs2)CCO1. The van der Waals surface area contributed by atoms with Crippen LogP contribution in [0.15, 0.2) is 29.6 Å². The van der Waals surface area contributed by atoms with Crippen molar-refractivity contribution in [3.63, 3.8) is 0 Å². The molecule has 6 heteroatoms. The molecule has 0 aliphatic carbocycles. The zero-order valence-electron chi connectivity index (χ0n) is 13.3. The Morgan fingerprint density at radius 1 is 1.43 bits per heavy atom. The minimum atomic E-state index is -0.385. The molecule has 1 aliphatic heterocycles. The first-order valence-corrected chi connectivity index (χ1v) is 8.73. The van der Waals surface area contributed by atoms with E-state index in [9.17, 15) is 10.1 Å². The van der Waals surface area contributed by atoms with Gasteiger partial charge in [0.05, 0.1) is 21.2 Å². The van der Waals surface area contributed by atoms with Gasteiger partial charge in [-0.3, -0.25) is 10.1 Å². The van der Waals surface area contributed by atoms with E-state index in [1.165, 1.54) is 12.1 Å². The first-order valence-electron chi connectivity index (χ1n) is 7.85. The normalized spacial score (nSPS) is 24.5. The molecule has 1 fully saturated rings. The number of aromatic nitrogens is 1. The van der Waals surface area contributed by atoms with Gasteiger partial charge in [-0.25, -0.2) is 4.98 Å². The number of ether oxygens (including phenoxy) is 1. The van der Waals surface area contributed by atoms with E-state index in [1.54, 1.807) is 23.5 Å². The number of hydrogen-bond donors (Lipinski definition) is 0. The maximum Gasteiger partial charge on any atom is 0.269 e. The minimum Gasteiger partial charge on any atom is -0.375 e. The van der Waals surface area contributed by atoms with Gasteiger partial charge in [-0.15, -0.1) is 11.3 Å². The van der Waals surface area contributed by atoms with Crippen LogP contribution in [0.3, 0.4) is 0 Å². The van der Waals surface area contributed by atoms with Crippen LogP contribution < -0.4 is 0 Å². The Labute approximate surface area is 139 Å². The van der Waals surface area contributed by atoms with Gasteiger partial charge >= 0.3 is 0 Å². The fraction of sp³-hybridized carbons (Fsp3) is 0.471. The van der Waals surface area contributed by atoms with Crippen LogP contribution in [0.25, 0.3) is 11.3 Å². The standard InChI is InChI=1S/C17H20N2O3S/c1-3-17(2)10-13(8-9-22-17)16-18-15(11-23-16)12-4-6-14(7-5-12)19(20)21/h4-7,11,13H,3,8-10H2,1-2H3. The Kier molecular flexibility index (Phi) is 4.46. The predicted molar refractivity (Wildman–Crippen MR) is 90.8 cm³/mol. The van der Waals surface area contributed by atoms with Crippen molar-refractivity contribution < 1.29 is 9.66 Å². The number of hydrogen-bond acceptors (Lipinski definition) is 5. The number of benzene rings is 1. The quantitative estimate of drug-likeness (QED) is 0.597. The Hall–Kier alpha value is -1.79. The summed E-state index contributed by atoms with van der Waals surface area (Å²) in [6.45, 7) is 5.11. The zero-order valence-corrected chi connectivity index (χ0v) is 14.1. The molecule has 2 heterocycles. The lowest BCUT2D eigenvalue weighted by atomic mass is 9.86. The molecule has 122 valence electrons. The monoisotopic (exact) mass is 332 g/mol. The molecule has 0 spiro atoms. The molecule has 1 aromatic carbocycles. The summed E-state index contributed by atoms with van der Waals surface area (Å²) in [5.74, 6) is 0.436. The molecule has 1 aliphatic rings. The molecule has 0 N–H and O–H groups in total. The van der Waals surface area contributed by atoms with Crippen molar-refractivity contribution in [2.75, 3.05) is 6.61 Å². The first-order chi connectivity index (χ1) is 11.0. The van der Waals surface area contributed by atoms with Gasteiger partial charge in [-0.2, -0.15) is 0 Å². The first kappa shape index (κ1) is 16.1. The molecule has 2 atom stereocenters. The Bertz CT molecular complexity index is 698. The molecule has 2 unspecified atom stereocenters. The molecular formula is C17H20N2O3S. The third kappa shape index (κ3) is 3.43. The van der Waals surface area contributed by atoms with Crippen LogP contribution in [0.4, 0.5) is 5.69 Å². The largest absolute Gasteiger partial charge is 0.375 e. The lowest BCUT2D eigenvalue weighted by Gasteiger charge is -2.37. The Morgan fingerprint density at radius 2 is 2.17 bits per heavy atom. The van der Waals surface area contributed by atoms with E-state index in [0.29, 0.717) is 5.92 Å². The van der Waals surface area contributed by atoms with E-state index in [0.717, 1.165) is 42.1 Å². The number of rotatable bonds is 4. The molecule has 2 aromatic rings. The highest BCUT2D eigenvalue weighted by molar-refractivity contribution is 7.10. The highest BCUT2D eigenvalue weighted by atomic mass is 32.1. The van der Waals surface area contributed by atoms with Crippen molar-refractivity contribution in [3.8, 4) is 11.3 Å². The number of nitrogens with zero attached hydrogens (tertiary/aromatic N) is 2. The number of nitro groups is 1. The summed E-state index contributed by atoms with van der Waals surface area (Å²) in [4.78, 5) is 15.1. The van der Waals surface area contributed by atoms with Gasteiger partial charge in [0.1, 0.15) is 0 Å². The van der Waals surface area contributed by atoms with Crippen molar-refractivity contribution in [2.45, 2.75) is 44.6 Å². The average Bonchev–Trinajstić information content (AvgIpc) is 3.05. The van der Waals surface area contributed by atoms with Crippen LogP contribution in [0.2, 0.25) is 0 Å². The van der Waals surface area contributed by atoms with Crippen LogP contribution in [0.1, 0.15) is 44.0 Å². The van der Waals surface area contributed by atoms with Crippen molar-refractivity contribution in [3.05, 3.63) is 44.8 Å². The van der Waals surface area contributed by atoms with E-state index in [4.69, 9.17) is 9.72 Å². The zero-order chi connectivity index (χ0) is 16.4. The van der Waals surface area contributed by atoms with E-state index >= 15 is 0 Å². The number of thiazole rings is 1. The van der Waals surface area contributed by atoms with Gasteiger partial charge in [0.15, 0.2) is 0 Å². The third-order valence-corrected chi connectivity index (χ3v) is 5.60. The molecule has 1 aromatic heterocycles. The molecule has 0 radical (unpaired) electrons. The third-order valence-electron chi connectivity index (χ3n) is 4.59. The molecule has 5 nitrogen and oxygen atoms in total. The van der Waals surface area contributed by atoms with E-state index in [2.05, 4.69) is 13.8 Å². The molecule has 3 rings (SSSR count). The Balaban J connectivity index is 1.79. The average molecular weight is 332 g/mol. The van der Waals surface area contributed by atoms with Crippen LogP contribution in [0, 0.1) is 10.1 Å². The fourth-order valence-corrected chi connectivity index (χ4v) is 3.91. The van der Waals surface area contributed by atoms with Crippen LogP contribution in [-0.4, -0.2) is 22.1 Å². The summed E-state index contributed by atoms with van der Waals surface area (Å²) in [5, 5.41) is 13.9. The van der Waals surface area contributed by atoms with Gasteiger partial charge in [-0.05, 0) is 38.3 Å². The maximum atomic E-state index is 10.7. The van der Waals surface area contributed by atoms with Gasteiger partial charge in [0.2, 0.25) is 0 Å². The lowest BCUT2D eigenvalue weighted by Crippen LogP contribution is -2.35. The minimum absolute atomic E-state index is 0.0535. The van der Waals surface area contributed by atoms with Crippen molar-refractivity contribution in [1.29, 1.82) is 0 Å². The van der Waals surface area contributed by atoms with Crippen molar-refractivity contribution >= 4 is 17.0 Å². The molecule has 1 saturated heterocycles. The highest BCUT2D eigenvalue weighted by Crippen LogP contribution is 2.39. The van der Waals surface area contributed by atoms with Crippen LogP contribution in [0.5, 0.6) is 0 Å². The van der Waals surface area contributed by atoms with E-state index in [-0.39, 0.29) is 16.2 Å². The second kappa shape index (κ2) is 6.37. The fourth-order valence-electron chi connectivity index (χ4n) is 2.95. The summed E-state index contributed by atoms with van der Waals surface area (Å²) in [5.41, 5.74) is 1.86. The van der Waals surface area contributed by atoms with E-state index < -0.39 is 0 Å².